The van der Waals surface area contributed by atoms with Crippen molar-refractivity contribution in [2.24, 2.45) is 0 Å². The van der Waals surface area contributed by atoms with Gasteiger partial charge in [0, 0.05) is 17.8 Å². The molecule has 0 fully saturated rings. The average molecular weight is 254 g/mol. The van der Waals surface area contributed by atoms with E-state index in [1.807, 2.05) is 13.8 Å². The fourth-order valence-electron chi connectivity index (χ4n) is 1.54. The van der Waals surface area contributed by atoms with Gasteiger partial charge in [-0.3, -0.25) is 4.68 Å². The molecule has 1 aromatic carbocycles. The van der Waals surface area contributed by atoms with Crippen molar-refractivity contribution in [3.63, 3.8) is 0 Å². The second-order valence-corrected chi connectivity index (χ2v) is 4.54. The fourth-order valence-corrected chi connectivity index (χ4v) is 1.72. The first-order valence-corrected chi connectivity index (χ1v) is 5.67. The van der Waals surface area contributed by atoms with E-state index in [0.717, 1.165) is 0 Å². The van der Waals surface area contributed by atoms with Gasteiger partial charge in [0.25, 0.3) is 0 Å². The lowest BCUT2D eigenvalue weighted by molar-refractivity contribution is 0.534. The summed E-state index contributed by atoms with van der Waals surface area (Å²) in [4.78, 5) is 0. The Kier molecular flexibility index (Phi) is 3.07. The molecule has 0 unspecified atom stereocenters. The number of anilines is 1. The number of halogens is 2. The van der Waals surface area contributed by atoms with Crippen molar-refractivity contribution < 1.29 is 4.39 Å². The quantitative estimate of drug-likeness (QED) is 0.890. The molecule has 0 amide bonds. The summed E-state index contributed by atoms with van der Waals surface area (Å²) in [5.74, 6) is -0.447. The van der Waals surface area contributed by atoms with Crippen LogP contribution in [0.4, 0.5) is 10.1 Å². The third-order valence-electron chi connectivity index (χ3n) is 2.48. The molecule has 0 spiro atoms. The third-order valence-corrected chi connectivity index (χ3v) is 2.77. The van der Waals surface area contributed by atoms with Crippen LogP contribution in [0.3, 0.4) is 0 Å². The molecule has 1 heterocycles. The van der Waals surface area contributed by atoms with Gasteiger partial charge >= 0.3 is 0 Å². The summed E-state index contributed by atoms with van der Waals surface area (Å²) in [6.07, 6.45) is 1.76. The van der Waals surface area contributed by atoms with E-state index in [2.05, 4.69) is 5.10 Å². The van der Waals surface area contributed by atoms with Gasteiger partial charge in [-0.2, -0.15) is 5.10 Å². The molecule has 3 nitrogen and oxygen atoms in total. The molecule has 0 aliphatic heterocycles. The number of nitrogens with two attached hydrogens (primary N) is 1. The predicted octanol–water partition coefficient (Wildman–Crippen LogP) is 3.51. The Labute approximate surface area is 104 Å². The molecule has 0 bridgehead atoms. The van der Waals surface area contributed by atoms with Crippen LogP contribution in [-0.2, 0) is 0 Å². The molecule has 0 radical (unpaired) electrons. The number of aromatic nitrogens is 2. The molecule has 2 N–H and O–H groups in total. The van der Waals surface area contributed by atoms with E-state index in [-0.39, 0.29) is 11.1 Å². The maximum absolute atomic E-state index is 13.1. The van der Waals surface area contributed by atoms with E-state index >= 15 is 0 Å². The molecule has 0 aliphatic rings. The van der Waals surface area contributed by atoms with Crippen molar-refractivity contribution >= 4 is 17.3 Å². The van der Waals surface area contributed by atoms with E-state index in [1.54, 1.807) is 16.9 Å². The summed E-state index contributed by atoms with van der Waals surface area (Å²) in [5.41, 5.74) is 7.78. The molecule has 0 atom stereocenters. The van der Waals surface area contributed by atoms with E-state index in [1.165, 1.54) is 12.1 Å². The molecule has 1 aromatic heterocycles. The van der Waals surface area contributed by atoms with Gasteiger partial charge in [0.2, 0.25) is 0 Å². The number of rotatable bonds is 2. The summed E-state index contributed by atoms with van der Waals surface area (Å²) in [6.45, 7) is 4.02. The summed E-state index contributed by atoms with van der Waals surface area (Å²) in [5, 5.41) is 4.43. The molecule has 0 saturated heterocycles. The molecule has 0 saturated carbocycles. The molecule has 0 aliphatic carbocycles. The number of nitrogen functional groups attached to an aromatic ring is 1. The van der Waals surface area contributed by atoms with Crippen molar-refractivity contribution in [1.82, 2.24) is 9.78 Å². The van der Waals surface area contributed by atoms with Crippen LogP contribution in [0.5, 0.6) is 0 Å². The second kappa shape index (κ2) is 4.37. The van der Waals surface area contributed by atoms with Crippen molar-refractivity contribution in [2.45, 2.75) is 19.9 Å². The highest BCUT2D eigenvalue weighted by molar-refractivity contribution is 6.31. The van der Waals surface area contributed by atoms with Crippen LogP contribution in [0, 0.1) is 5.82 Å². The molecule has 90 valence electrons. The summed E-state index contributed by atoms with van der Waals surface area (Å²) in [6, 6.07) is 4.68. The zero-order valence-electron chi connectivity index (χ0n) is 9.61. The SMILES string of the molecule is CC(C)n1cc(N)c(-c2ccc(F)c(Cl)c2)n1. The largest absolute Gasteiger partial charge is 0.396 e. The number of hydrogen-bond donors (Lipinski definition) is 1. The maximum atomic E-state index is 13.1. The van der Waals surface area contributed by atoms with Crippen LogP contribution >= 0.6 is 11.6 Å². The zero-order valence-corrected chi connectivity index (χ0v) is 10.4. The van der Waals surface area contributed by atoms with Crippen LogP contribution < -0.4 is 5.73 Å². The topological polar surface area (TPSA) is 43.8 Å². The standard InChI is InChI=1S/C12H13ClFN3/c1-7(2)17-6-11(15)12(16-17)8-3-4-10(14)9(13)5-8/h3-7H,15H2,1-2H3. The number of hydrogen-bond acceptors (Lipinski definition) is 2. The van der Waals surface area contributed by atoms with Crippen molar-refractivity contribution in [2.75, 3.05) is 5.73 Å². The van der Waals surface area contributed by atoms with Gasteiger partial charge in [0.1, 0.15) is 11.5 Å². The number of nitrogens with zero attached hydrogens (tertiary/aromatic N) is 2. The Morgan fingerprint density at radius 2 is 2.12 bits per heavy atom. The number of benzene rings is 1. The molecule has 2 rings (SSSR count). The van der Waals surface area contributed by atoms with Gasteiger partial charge in [-0.15, -0.1) is 0 Å². The van der Waals surface area contributed by atoms with Crippen LogP contribution in [0.1, 0.15) is 19.9 Å². The van der Waals surface area contributed by atoms with Gasteiger partial charge < -0.3 is 5.73 Å². The Hall–Kier alpha value is -1.55. The van der Waals surface area contributed by atoms with Gasteiger partial charge in [-0.25, -0.2) is 4.39 Å². The van der Waals surface area contributed by atoms with E-state index < -0.39 is 5.82 Å². The lowest BCUT2D eigenvalue weighted by Crippen LogP contribution is -2.00. The normalized spacial score (nSPS) is 11.1. The molecule has 5 heteroatoms. The van der Waals surface area contributed by atoms with E-state index in [9.17, 15) is 4.39 Å². The lowest BCUT2D eigenvalue weighted by atomic mass is 10.1. The third kappa shape index (κ3) is 2.26. The van der Waals surface area contributed by atoms with Crippen LogP contribution in [-0.4, -0.2) is 9.78 Å². The predicted molar refractivity (Wildman–Crippen MR) is 67.4 cm³/mol. The minimum Gasteiger partial charge on any atom is -0.396 e. The maximum Gasteiger partial charge on any atom is 0.141 e. The van der Waals surface area contributed by atoms with Crippen molar-refractivity contribution in [3.05, 3.63) is 35.2 Å². The first-order valence-electron chi connectivity index (χ1n) is 5.29. The van der Waals surface area contributed by atoms with Gasteiger partial charge in [-0.05, 0) is 32.0 Å². The van der Waals surface area contributed by atoms with Crippen LogP contribution in [0.2, 0.25) is 5.02 Å². The Morgan fingerprint density at radius 1 is 1.41 bits per heavy atom. The van der Waals surface area contributed by atoms with E-state index in [4.69, 9.17) is 17.3 Å². The summed E-state index contributed by atoms with van der Waals surface area (Å²) >= 11 is 5.74. The molecule has 17 heavy (non-hydrogen) atoms. The fraction of sp³-hybridized carbons (Fsp3) is 0.250. The Morgan fingerprint density at radius 3 is 2.65 bits per heavy atom. The highest BCUT2D eigenvalue weighted by Crippen LogP contribution is 2.28. The highest BCUT2D eigenvalue weighted by Gasteiger charge is 2.11. The van der Waals surface area contributed by atoms with E-state index in [0.29, 0.717) is 16.9 Å². The van der Waals surface area contributed by atoms with Crippen LogP contribution in [0.15, 0.2) is 24.4 Å². The summed E-state index contributed by atoms with van der Waals surface area (Å²) in [7, 11) is 0. The van der Waals surface area contributed by atoms with Crippen molar-refractivity contribution in [3.8, 4) is 11.3 Å². The highest BCUT2D eigenvalue weighted by atomic mass is 35.5. The minimum absolute atomic E-state index is 0.0704. The first kappa shape index (κ1) is 11.9. The first-order chi connectivity index (χ1) is 7.99. The monoisotopic (exact) mass is 253 g/mol. The molecule has 2 aromatic rings. The Bertz CT molecular complexity index is 549. The smallest absolute Gasteiger partial charge is 0.141 e. The summed E-state index contributed by atoms with van der Waals surface area (Å²) < 4.78 is 14.8. The van der Waals surface area contributed by atoms with Crippen LogP contribution in [0.25, 0.3) is 11.3 Å². The molecular formula is C12H13ClFN3. The lowest BCUT2D eigenvalue weighted by Gasteiger charge is -2.03. The minimum atomic E-state index is -0.447. The van der Waals surface area contributed by atoms with Gasteiger partial charge in [-0.1, -0.05) is 11.6 Å². The van der Waals surface area contributed by atoms with Gasteiger partial charge in [0.15, 0.2) is 0 Å². The molecular weight excluding hydrogens is 241 g/mol. The zero-order chi connectivity index (χ0) is 12.6. The second-order valence-electron chi connectivity index (χ2n) is 4.14. The Balaban J connectivity index is 2.49. The van der Waals surface area contributed by atoms with Crippen molar-refractivity contribution in [1.29, 1.82) is 0 Å². The van der Waals surface area contributed by atoms with Gasteiger partial charge in [0.05, 0.1) is 10.7 Å². The average Bonchev–Trinajstić information content (AvgIpc) is 2.65.